The SMILES string of the molecule is CN(C)C(=O)CNC(=NCc1ccc(Br)cc1)N1CCC2OCCCC2C1. The third-order valence-electron chi connectivity index (χ3n) is 5.24. The molecule has 0 saturated carbocycles. The number of carbonyl (C=O) groups excluding carboxylic acids is 1. The molecule has 1 aromatic carbocycles. The molecular weight excluding hydrogens is 408 g/mol. The first-order chi connectivity index (χ1) is 13.0. The van der Waals surface area contributed by atoms with Crippen molar-refractivity contribution in [3.05, 3.63) is 34.3 Å². The Balaban J connectivity index is 1.69. The van der Waals surface area contributed by atoms with E-state index in [1.807, 2.05) is 12.1 Å². The lowest BCUT2D eigenvalue weighted by atomic mass is 9.88. The summed E-state index contributed by atoms with van der Waals surface area (Å²) in [5.74, 6) is 1.41. The molecule has 27 heavy (non-hydrogen) atoms. The molecule has 2 saturated heterocycles. The first kappa shape index (κ1) is 20.1. The van der Waals surface area contributed by atoms with Crippen molar-refractivity contribution in [1.29, 1.82) is 0 Å². The number of fused-ring (bicyclic) bond motifs is 1. The molecule has 0 aliphatic carbocycles. The van der Waals surface area contributed by atoms with Gasteiger partial charge in [0.15, 0.2) is 5.96 Å². The number of rotatable bonds is 4. The molecule has 2 unspecified atom stereocenters. The van der Waals surface area contributed by atoms with E-state index in [-0.39, 0.29) is 12.5 Å². The lowest BCUT2D eigenvalue weighted by molar-refractivity contribution is -0.127. The van der Waals surface area contributed by atoms with Gasteiger partial charge in [-0.2, -0.15) is 0 Å². The minimum Gasteiger partial charge on any atom is -0.378 e. The van der Waals surface area contributed by atoms with Gasteiger partial charge in [-0.3, -0.25) is 4.79 Å². The third kappa shape index (κ3) is 5.69. The molecule has 0 bridgehead atoms. The van der Waals surface area contributed by atoms with Crippen LogP contribution in [0.2, 0.25) is 0 Å². The van der Waals surface area contributed by atoms with Crippen LogP contribution in [0.5, 0.6) is 0 Å². The Morgan fingerprint density at radius 3 is 2.85 bits per heavy atom. The zero-order chi connectivity index (χ0) is 19.2. The Kier molecular flexibility index (Phi) is 7.13. The van der Waals surface area contributed by atoms with Gasteiger partial charge in [0.05, 0.1) is 19.2 Å². The molecule has 3 rings (SSSR count). The van der Waals surface area contributed by atoms with E-state index in [1.54, 1.807) is 19.0 Å². The fourth-order valence-corrected chi connectivity index (χ4v) is 3.88. The molecular formula is C20H29BrN4O2. The molecule has 1 aromatic rings. The smallest absolute Gasteiger partial charge is 0.241 e. The van der Waals surface area contributed by atoms with Crippen LogP contribution < -0.4 is 5.32 Å². The van der Waals surface area contributed by atoms with Gasteiger partial charge in [-0.15, -0.1) is 0 Å². The van der Waals surface area contributed by atoms with Gasteiger partial charge in [0.1, 0.15) is 0 Å². The molecule has 0 radical (unpaired) electrons. The van der Waals surface area contributed by atoms with Crippen LogP contribution in [0.1, 0.15) is 24.8 Å². The second-order valence-electron chi connectivity index (χ2n) is 7.45. The number of nitrogens with one attached hydrogen (secondary N) is 1. The number of piperidine rings is 1. The van der Waals surface area contributed by atoms with E-state index in [1.165, 1.54) is 6.42 Å². The van der Waals surface area contributed by atoms with E-state index in [0.717, 1.165) is 48.5 Å². The van der Waals surface area contributed by atoms with E-state index in [2.05, 4.69) is 38.3 Å². The number of hydrogen-bond acceptors (Lipinski definition) is 3. The normalized spacial score (nSPS) is 22.9. The molecule has 6 nitrogen and oxygen atoms in total. The van der Waals surface area contributed by atoms with Crippen LogP contribution in [0.25, 0.3) is 0 Å². The Morgan fingerprint density at radius 2 is 2.11 bits per heavy atom. The minimum absolute atomic E-state index is 0.0437. The highest BCUT2D eigenvalue weighted by Gasteiger charge is 2.33. The van der Waals surface area contributed by atoms with Crippen LogP contribution in [0, 0.1) is 5.92 Å². The maximum Gasteiger partial charge on any atom is 0.241 e. The van der Waals surface area contributed by atoms with Gasteiger partial charge in [0, 0.05) is 44.2 Å². The Bertz CT molecular complexity index is 662. The van der Waals surface area contributed by atoms with Crippen molar-refractivity contribution in [3.8, 4) is 0 Å². The number of likely N-dealkylation sites (tertiary alicyclic amines) is 1. The quantitative estimate of drug-likeness (QED) is 0.581. The fraction of sp³-hybridized carbons (Fsp3) is 0.600. The summed E-state index contributed by atoms with van der Waals surface area (Å²) in [5.41, 5.74) is 1.15. The first-order valence-electron chi connectivity index (χ1n) is 9.62. The minimum atomic E-state index is 0.0437. The Morgan fingerprint density at radius 1 is 1.33 bits per heavy atom. The van der Waals surface area contributed by atoms with E-state index < -0.39 is 0 Å². The molecule has 1 N–H and O–H groups in total. The molecule has 2 fully saturated rings. The standard InChI is InChI=1S/C20H29BrN4O2/c1-24(2)19(26)13-23-20(22-12-15-5-7-17(21)8-6-15)25-10-9-18-16(14-25)4-3-11-27-18/h5-8,16,18H,3-4,9-14H2,1-2H3,(H,22,23). The third-order valence-corrected chi connectivity index (χ3v) is 5.76. The number of guanidine groups is 1. The Labute approximate surface area is 170 Å². The summed E-state index contributed by atoms with van der Waals surface area (Å²) in [6, 6.07) is 8.19. The largest absolute Gasteiger partial charge is 0.378 e. The van der Waals surface area contributed by atoms with Crippen molar-refractivity contribution in [2.24, 2.45) is 10.9 Å². The zero-order valence-electron chi connectivity index (χ0n) is 16.2. The lowest BCUT2D eigenvalue weighted by Gasteiger charge is -2.42. The molecule has 7 heteroatoms. The van der Waals surface area contributed by atoms with Crippen LogP contribution >= 0.6 is 15.9 Å². The first-order valence-corrected chi connectivity index (χ1v) is 10.4. The number of halogens is 1. The predicted octanol–water partition coefficient (Wildman–Crippen LogP) is 2.48. The number of carbonyl (C=O) groups is 1. The summed E-state index contributed by atoms with van der Waals surface area (Å²) < 4.78 is 6.99. The van der Waals surface area contributed by atoms with Crippen molar-refractivity contribution in [2.75, 3.05) is 40.3 Å². The summed E-state index contributed by atoms with van der Waals surface area (Å²) in [5, 5.41) is 3.28. The average Bonchev–Trinajstić information content (AvgIpc) is 2.68. The van der Waals surface area contributed by atoms with Crippen molar-refractivity contribution in [1.82, 2.24) is 15.1 Å². The number of likely N-dealkylation sites (N-methyl/N-ethyl adjacent to an activating group) is 1. The Hall–Kier alpha value is -1.60. The van der Waals surface area contributed by atoms with Crippen LogP contribution in [0.4, 0.5) is 0 Å². The molecule has 1 amide bonds. The lowest BCUT2D eigenvalue weighted by Crippen LogP contribution is -2.53. The number of hydrogen-bond donors (Lipinski definition) is 1. The van der Waals surface area contributed by atoms with Crippen molar-refractivity contribution in [3.63, 3.8) is 0 Å². The van der Waals surface area contributed by atoms with Crippen LogP contribution in [-0.4, -0.2) is 68.1 Å². The van der Waals surface area contributed by atoms with Crippen LogP contribution in [0.15, 0.2) is 33.7 Å². The average molecular weight is 437 g/mol. The van der Waals surface area contributed by atoms with Gasteiger partial charge in [0.2, 0.25) is 5.91 Å². The van der Waals surface area contributed by atoms with E-state index in [9.17, 15) is 4.79 Å². The number of amides is 1. The number of aliphatic imine (C=N–C) groups is 1. The summed E-state index contributed by atoms with van der Waals surface area (Å²) in [7, 11) is 3.54. The van der Waals surface area contributed by atoms with Crippen LogP contribution in [0.3, 0.4) is 0 Å². The number of ether oxygens (including phenoxy) is 1. The zero-order valence-corrected chi connectivity index (χ0v) is 17.7. The molecule has 2 aliphatic rings. The highest BCUT2D eigenvalue weighted by Crippen LogP contribution is 2.28. The second kappa shape index (κ2) is 9.55. The van der Waals surface area contributed by atoms with E-state index in [4.69, 9.17) is 9.73 Å². The van der Waals surface area contributed by atoms with E-state index >= 15 is 0 Å². The van der Waals surface area contributed by atoms with Gasteiger partial charge in [-0.1, -0.05) is 28.1 Å². The highest BCUT2D eigenvalue weighted by atomic mass is 79.9. The summed E-state index contributed by atoms with van der Waals surface area (Å²) in [6.45, 7) is 3.58. The summed E-state index contributed by atoms with van der Waals surface area (Å²) in [6.07, 6.45) is 3.74. The second-order valence-corrected chi connectivity index (χ2v) is 8.37. The topological polar surface area (TPSA) is 57.2 Å². The van der Waals surface area contributed by atoms with Crippen LogP contribution in [-0.2, 0) is 16.1 Å². The highest BCUT2D eigenvalue weighted by molar-refractivity contribution is 9.10. The van der Waals surface area contributed by atoms with E-state index in [0.29, 0.717) is 18.6 Å². The fourth-order valence-electron chi connectivity index (χ4n) is 3.62. The molecule has 0 aromatic heterocycles. The number of nitrogens with zero attached hydrogens (tertiary/aromatic N) is 3. The van der Waals surface area contributed by atoms with Crippen molar-refractivity contribution in [2.45, 2.75) is 31.9 Å². The van der Waals surface area contributed by atoms with Gasteiger partial charge in [0.25, 0.3) is 0 Å². The van der Waals surface area contributed by atoms with Gasteiger partial charge in [-0.05, 0) is 37.0 Å². The van der Waals surface area contributed by atoms with Gasteiger partial charge in [-0.25, -0.2) is 4.99 Å². The molecule has 148 valence electrons. The molecule has 2 aliphatic heterocycles. The maximum atomic E-state index is 12.0. The monoisotopic (exact) mass is 436 g/mol. The van der Waals surface area contributed by atoms with Crippen molar-refractivity contribution < 1.29 is 9.53 Å². The molecule has 2 heterocycles. The summed E-state index contributed by atoms with van der Waals surface area (Å²) in [4.78, 5) is 20.7. The van der Waals surface area contributed by atoms with Crippen molar-refractivity contribution >= 4 is 27.8 Å². The maximum absolute atomic E-state index is 12.0. The predicted molar refractivity (Wildman–Crippen MR) is 111 cm³/mol. The van der Waals surface area contributed by atoms with Gasteiger partial charge < -0.3 is 19.9 Å². The molecule has 2 atom stereocenters. The summed E-state index contributed by atoms with van der Waals surface area (Å²) >= 11 is 3.46. The molecule has 0 spiro atoms. The number of benzene rings is 1. The van der Waals surface area contributed by atoms with Gasteiger partial charge >= 0.3 is 0 Å².